The van der Waals surface area contributed by atoms with E-state index in [9.17, 15) is 9.59 Å². The summed E-state index contributed by atoms with van der Waals surface area (Å²) in [6.07, 6.45) is 1.43. The molecule has 1 heterocycles. The van der Waals surface area contributed by atoms with Crippen LogP contribution >= 0.6 is 23.2 Å². The van der Waals surface area contributed by atoms with E-state index >= 15 is 0 Å². The smallest absolute Gasteiger partial charge is 0.255 e. The summed E-state index contributed by atoms with van der Waals surface area (Å²) in [6.45, 7) is 1.21. The summed E-state index contributed by atoms with van der Waals surface area (Å²) in [4.78, 5) is 25.7. The molecule has 0 aliphatic carbocycles. The third-order valence-corrected chi connectivity index (χ3v) is 4.13. The molecule has 1 aliphatic rings. The highest BCUT2D eigenvalue weighted by molar-refractivity contribution is 6.36. The van der Waals surface area contributed by atoms with E-state index < -0.39 is 0 Å². The highest BCUT2D eigenvalue weighted by Crippen LogP contribution is 2.23. The Kier molecular flexibility index (Phi) is 6.06. The second-order valence-electron chi connectivity index (χ2n) is 5.19. The topological polar surface area (TPSA) is 58.6 Å². The van der Waals surface area contributed by atoms with Gasteiger partial charge in [-0.3, -0.25) is 9.59 Å². The number of likely N-dealkylation sites (tertiary alicyclic amines) is 1. The average molecular weight is 345 g/mol. The van der Waals surface area contributed by atoms with E-state index in [-0.39, 0.29) is 24.5 Å². The number of ether oxygens (including phenoxy) is 1. The van der Waals surface area contributed by atoms with E-state index in [0.717, 1.165) is 0 Å². The summed E-state index contributed by atoms with van der Waals surface area (Å²) in [5.74, 6) is -0.239. The second-order valence-corrected chi connectivity index (χ2v) is 6.03. The van der Waals surface area contributed by atoms with Crippen molar-refractivity contribution in [3.05, 3.63) is 33.8 Å². The molecule has 7 heteroatoms. The zero-order valence-corrected chi connectivity index (χ0v) is 13.8. The Labute approximate surface area is 139 Å². The van der Waals surface area contributed by atoms with Crippen molar-refractivity contribution in [1.82, 2.24) is 10.2 Å². The molecule has 0 spiro atoms. The third-order valence-electron chi connectivity index (χ3n) is 3.58. The summed E-state index contributed by atoms with van der Waals surface area (Å²) in [7, 11) is 1.48. The number of hydrogen-bond donors (Lipinski definition) is 1. The van der Waals surface area contributed by atoms with Crippen LogP contribution in [0.25, 0.3) is 0 Å². The summed E-state index contributed by atoms with van der Waals surface area (Å²) in [5, 5.41) is 3.75. The van der Waals surface area contributed by atoms with Crippen molar-refractivity contribution in [3.8, 4) is 0 Å². The van der Waals surface area contributed by atoms with Gasteiger partial charge in [0.1, 0.15) is 6.61 Å². The first-order valence-corrected chi connectivity index (χ1v) is 7.79. The Hall–Kier alpha value is -1.30. The van der Waals surface area contributed by atoms with E-state index in [1.165, 1.54) is 7.11 Å². The third kappa shape index (κ3) is 4.35. The molecule has 1 aromatic carbocycles. The molecule has 1 aliphatic heterocycles. The number of piperidine rings is 1. The first-order valence-electron chi connectivity index (χ1n) is 7.04. The number of methoxy groups -OCH3 is 1. The molecule has 0 radical (unpaired) electrons. The number of benzene rings is 1. The predicted octanol–water partition coefficient (Wildman–Crippen LogP) is 2.36. The molecule has 2 rings (SSSR count). The fourth-order valence-corrected chi connectivity index (χ4v) is 2.95. The molecular weight excluding hydrogens is 327 g/mol. The molecule has 0 bridgehead atoms. The maximum Gasteiger partial charge on any atom is 0.255 e. The van der Waals surface area contributed by atoms with Crippen LogP contribution in [0.4, 0.5) is 0 Å². The number of hydrogen-bond acceptors (Lipinski definition) is 3. The molecule has 1 aromatic rings. The number of rotatable bonds is 4. The minimum atomic E-state index is -0.131. The van der Waals surface area contributed by atoms with Gasteiger partial charge in [0, 0.05) is 31.3 Å². The minimum Gasteiger partial charge on any atom is -0.375 e. The predicted molar refractivity (Wildman–Crippen MR) is 85.4 cm³/mol. The van der Waals surface area contributed by atoms with Crippen LogP contribution in [0.3, 0.4) is 0 Å². The van der Waals surface area contributed by atoms with Crippen molar-refractivity contribution >= 4 is 35.0 Å². The number of carbonyl (C=O) groups is 2. The second kappa shape index (κ2) is 7.81. The Morgan fingerprint density at radius 3 is 2.59 bits per heavy atom. The van der Waals surface area contributed by atoms with Gasteiger partial charge in [-0.15, -0.1) is 0 Å². The summed E-state index contributed by atoms with van der Waals surface area (Å²) < 4.78 is 4.78. The fourth-order valence-electron chi connectivity index (χ4n) is 2.46. The zero-order valence-electron chi connectivity index (χ0n) is 12.3. The van der Waals surface area contributed by atoms with Crippen LogP contribution in [0.5, 0.6) is 0 Å². The molecule has 1 fully saturated rings. The highest BCUT2D eigenvalue weighted by atomic mass is 35.5. The minimum absolute atomic E-state index is 0.0551. The molecular formula is C15H18Cl2N2O3. The Morgan fingerprint density at radius 2 is 2.00 bits per heavy atom. The number of amides is 2. The molecule has 0 unspecified atom stereocenters. The van der Waals surface area contributed by atoms with Crippen LogP contribution < -0.4 is 5.32 Å². The molecule has 1 saturated heterocycles. The largest absolute Gasteiger partial charge is 0.375 e. The Morgan fingerprint density at radius 1 is 1.32 bits per heavy atom. The molecule has 2 amide bonds. The molecule has 5 nitrogen and oxygen atoms in total. The van der Waals surface area contributed by atoms with Crippen molar-refractivity contribution in [2.75, 3.05) is 26.8 Å². The summed E-state index contributed by atoms with van der Waals surface area (Å²) in [6, 6.07) is 4.93. The van der Waals surface area contributed by atoms with Gasteiger partial charge in [0.05, 0.1) is 10.6 Å². The zero-order chi connectivity index (χ0) is 16.1. The van der Waals surface area contributed by atoms with Gasteiger partial charge < -0.3 is 15.0 Å². The average Bonchev–Trinajstić information content (AvgIpc) is 2.47. The lowest BCUT2D eigenvalue weighted by atomic mass is 10.0. The molecule has 120 valence electrons. The highest BCUT2D eigenvalue weighted by Gasteiger charge is 2.25. The van der Waals surface area contributed by atoms with Gasteiger partial charge in [0.2, 0.25) is 5.91 Å². The molecule has 0 saturated carbocycles. The van der Waals surface area contributed by atoms with Crippen LogP contribution in [-0.2, 0) is 9.53 Å². The van der Waals surface area contributed by atoms with Crippen molar-refractivity contribution in [2.45, 2.75) is 18.9 Å². The van der Waals surface area contributed by atoms with E-state index in [0.29, 0.717) is 41.5 Å². The van der Waals surface area contributed by atoms with E-state index in [1.807, 2.05) is 0 Å². The van der Waals surface area contributed by atoms with Gasteiger partial charge >= 0.3 is 0 Å². The summed E-state index contributed by atoms with van der Waals surface area (Å²) >= 11 is 11.9. The van der Waals surface area contributed by atoms with Gasteiger partial charge in [0.25, 0.3) is 5.91 Å². The van der Waals surface area contributed by atoms with Gasteiger partial charge in [-0.2, -0.15) is 0 Å². The van der Waals surface area contributed by atoms with Crippen molar-refractivity contribution < 1.29 is 14.3 Å². The first-order chi connectivity index (χ1) is 10.5. The number of nitrogens with zero attached hydrogens (tertiary/aromatic N) is 1. The molecule has 0 atom stereocenters. The van der Waals surface area contributed by atoms with Crippen LogP contribution in [-0.4, -0.2) is 49.6 Å². The van der Waals surface area contributed by atoms with Gasteiger partial charge in [-0.1, -0.05) is 23.2 Å². The van der Waals surface area contributed by atoms with Crippen molar-refractivity contribution in [2.24, 2.45) is 0 Å². The standard InChI is InChI=1S/C15H18Cl2N2O3/c1-22-9-14(20)18-11-4-6-19(7-5-11)15(21)12-3-2-10(16)8-13(12)17/h2-3,8,11H,4-7,9H2,1H3,(H,18,20). The SMILES string of the molecule is COCC(=O)NC1CCN(C(=O)c2ccc(Cl)cc2Cl)CC1. The number of carbonyl (C=O) groups excluding carboxylic acids is 2. The fraction of sp³-hybridized carbons (Fsp3) is 0.467. The number of nitrogens with one attached hydrogen (secondary N) is 1. The Balaban J connectivity index is 1.91. The lowest BCUT2D eigenvalue weighted by Crippen LogP contribution is -2.47. The normalized spacial score (nSPS) is 15.7. The van der Waals surface area contributed by atoms with Crippen LogP contribution in [0, 0.1) is 0 Å². The lowest BCUT2D eigenvalue weighted by Gasteiger charge is -2.32. The van der Waals surface area contributed by atoms with Crippen molar-refractivity contribution in [1.29, 1.82) is 0 Å². The van der Waals surface area contributed by atoms with E-state index in [1.54, 1.807) is 23.1 Å². The first kappa shape index (κ1) is 17.1. The van der Waals surface area contributed by atoms with Crippen LogP contribution in [0.15, 0.2) is 18.2 Å². The van der Waals surface area contributed by atoms with Crippen LogP contribution in [0.2, 0.25) is 10.0 Å². The van der Waals surface area contributed by atoms with Crippen molar-refractivity contribution in [3.63, 3.8) is 0 Å². The van der Waals surface area contributed by atoms with E-state index in [4.69, 9.17) is 27.9 Å². The van der Waals surface area contributed by atoms with Gasteiger partial charge in [-0.25, -0.2) is 0 Å². The Bertz CT molecular complexity index is 558. The lowest BCUT2D eigenvalue weighted by molar-refractivity contribution is -0.125. The maximum absolute atomic E-state index is 12.5. The van der Waals surface area contributed by atoms with E-state index in [2.05, 4.69) is 5.32 Å². The number of halogens is 2. The van der Waals surface area contributed by atoms with Gasteiger partial charge in [0.15, 0.2) is 0 Å². The maximum atomic E-state index is 12.5. The quantitative estimate of drug-likeness (QED) is 0.911. The summed E-state index contributed by atoms with van der Waals surface area (Å²) in [5.41, 5.74) is 0.452. The molecule has 0 aromatic heterocycles. The van der Waals surface area contributed by atoms with Gasteiger partial charge in [-0.05, 0) is 31.0 Å². The van der Waals surface area contributed by atoms with Crippen LogP contribution in [0.1, 0.15) is 23.2 Å². The molecule has 22 heavy (non-hydrogen) atoms. The molecule has 1 N–H and O–H groups in total. The monoisotopic (exact) mass is 344 g/mol.